The topological polar surface area (TPSA) is 28.0 Å². The fourth-order valence-electron chi connectivity index (χ4n) is 3.57. The number of benzene rings is 3. The predicted molar refractivity (Wildman–Crippen MR) is 123 cm³/mol. The number of amidine groups is 2. The van der Waals surface area contributed by atoms with Crippen LogP contribution in [0.25, 0.3) is 0 Å². The Kier molecular flexibility index (Phi) is 6.59. The molecule has 0 bridgehead atoms. The molecule has 0 unspecified atom stereocenters. The van der Waals surface area contributed by atoms with Gasteiger partial charge in [-0.25, -0.2) is 9.98 Å². The van der Waals surface area contributed by atoms with E-state index in [1.165, 1.54) is 47.4 Å². The van der Waals surface area contributed by atoms with Gasteiger partial charge in [-0.1, -0.05) is 83.9 Å². The Hall–Kier alpha value is -3.04. The van der Waals surface area contributed by atoms with Crippen molar-refractivity contribution in [3.63, 3.8) is 0 Å². The van der Waals surface area contributed by atoms with Gasteiger partial charge < -0.3 is 4.90 Å². The second-order valence-corrected chi connectivity index (χ2v) is 8.44. The fraction of sp³-hybridized carbons (Fsp3) is 0.167. The molecule has 0 fully saturated rings. The Balaban J connectivity index is 2.06. The summed E-state index contributed by atoms with van der Waals surface area (Å²) in [7, 11) is 0. The van der Waals surface area contributed by atoms with Crippen LogP contribution in [0, 0.1) is 0 Å². The maximum atomic E-state index is 14.2. The summed E-state index contributed by atoms with van der Waals surface area (Å²) < 4.78 is 85.1. The van der Waals surface area contributed by atoms with Gasteiger partial charge in [0, 0.05) is 16.1 Å². The molecule has 3 aromatic carbocycles. The van der Waals surface area contributed by atoms with E-state index in [4.69, 9.17) is 23.2 Å². The summed E-state index contributed by atoms with van der Waals surface area (Å²) in [6.45, 7) is -0.127. The lowest BCUT2D eigenvalue weighted by Crippen LogP contribution is -2.59. The molecule has 0 radical (unpaired) electrons. The van der Waals surface area contributed by atoms with Crippen LogP contribution in [0.4, 0.5) is 26.3 Å². The first kappa shape index (κ1) is 25.1. The van der Waals surface area contributed by atoms with E-state index in [-0.39, 0.29) is 27.7 Å². The fourth-order valence-corrected chi connectivity index (χ4v) is 4.06. The van der Waals surface area contributed by atoms with Gasteiger partial charge in [0.2, 0.25) is 0 Å². The van der Waals surface area contributed by atoms with E-state index in [1.807, 2.05) is 0 Å². The molecule has 1 heterocycles. The minimum absolute atomic E-state index is 0.0405. The smallest absolute Gasteiger partial charge is 0.306 e. The molecular formula is C24H15Cl2F6N3. The van der Waals surface area contributed by atoms with Gasteiger partial charge in [0.05, 0.1) is 11.6 Å². The number of halogens is 8. The lowest BCUT2D eigenvalue weighted by atomic mass is 10.0. The van der Waals surface area contributed by atoms with Gasteiger partial charge in [-0.2, -0.15) is 26.3 Å². The predicted octanol–water partition coefficient (Wildman–Crippen LogP) is 7.52. The molecule has 3 nitrogen and oxygen atoms in total. The van der Waals surface area contributed by atoms with Crippen LogP contribution in [-0.4, -0.2) is 34.6 Å². The molecule has 3 aromatic rings. The molecule has 11 heteroatoms. The van der Waals surface area contributed by atoms with E-state index < -0.39 is 29.7 Å². The molecule has 0 atom stereocenters. The molecule has 4 rings (SSSR count). The first-order valence-electron chi connectivity index (χ1n) is 10.1. The summed E-state index contributed by atoms with van der Waals surface area (Å²) in [5, 5.41) is -0.0125. The van der Waals surface area contributed by atoms with Crippen LogP contribution < -0.4 is 0 Å². The molecule has 0 amide bonds. The van der Waals surface area contributed by atoms with Gasteiger partial charge in [-0.05, 0) is 23.8 Å². The largest absolute Gasteiger partial charge is 0.443 e. The van der Waals surface area contributed by atoms with E-state index in [9.17, 15) is 26.3 Å². The van der Waals surface area contributed by atoms with Gasteiger partial charge in [0.1, 0.15) is 11.7 Å². The summed E-state index contributed by atoms with van der Waals surface area (Å²) in [6.07, 6.45) is -11.8. The van der Waals surface area contributed by atoms with Crippen molar-refractivity contribution in [3.8, 4) is 0 Å². The molecule has 0 N–H and O–H groups in total. The highest BCUT2D eigenvalue weighted by molar-refractivity contribution is 6.37. The van der Waals surface area contributed by atoms with Gasteiger partial charge >= 0.3 is 18.0 Å². The van der Waals surface area contributed by atoms with E-state index in [0.29, 0.717) is 5.56 Å². The van der Waals surface area contributed by atoms with Crippen LogP contribution >= 0.6 is 23.2 Å². The first-order chi connectivity index (χ1) is 16.4. The molecule has 182 valence electrons. The SMILES string of the molecule is FC(F)(F)C1(C(F)(F)F)N=C(c2ccccc2)N(Cc2ccccc2)C(c2ccc(Cl)cc2Cl)=N1. The molecule has 35 heavy (non-hydrogen) atoms. The molecule has 0 aliphatic carbocycles. The third kappa shape index (κ3) is 4.75. The van der Waals surface area contributed by atoms with Crippen LogP contribution in [-0.2, 0) is 6.54 Å². The standard InChI is InChI=1S/C24H15Cl2F6N3/c25-17-11-12-18(19(26)13-17)21-34-22(23(27,28)29,24(30,31)32)33-20(16-9-5-2-6-10-16)35(21)14-15-7-3-1-4-8-15/h1-13H,14H2. The highest BCUT2D eigenvalue weighted by atomic mass is 35.5. The molecule has 0 saturated carbocycles. The Labute approximate surface area is 206 Å². The van der Waals surface area contributed by atoms with Crippen molar-refractivity contribution >= 4 is 34.9 Å². The second-order valence-electron chi connectivity index (χ2n) is 7.60. The van der Waals surface area contributed by atoms with Gasteiger partial charge in [0.15, 0.2) is 0 Å². The minimum Gasteiger partial charge on any atom is -0.306 e. The van der Waals surface area contributed by atoms with Crippen LogP contribution in [0.15, 0.2) is 88.8 Å². The van der Waals surface area contributed by atoms with Crippen molar-refractivity contribution in [2.75, 3.05) is 0 Å². The van der Waals surface area contributed by atoms with E-state index in [1.54, 1.807) is 36.4 Å². The van der Waals surface area contributed by atoms with E-state index in [2.05, 4.69) is 9.98 Å². The number of alkyl halides is 6. The van der Waals surface area contributed by atoms with Crippen LogP contribution in [0.2, 0.25) is 10.0 Å². The Bertz CT molecular complexity index is 1260. The van der Waals surface area contributed by atoms with Crippen LogP contribution in [0.5, 0.6) is 0 Å². The van der Waals surface area contributed by atoms with Crippen molar-refractivity contribution in [3.05, 3.63) is 106 Å². The molecule has 0 aromatic heterocycles. The van der Waals surface area contributed by atoms with E-state index in [0.717, 1.165) is 0 Å². The zero-order chi connectivity index (χ0) is 25.4. The molecule has 1 aliphatic rings. The highest BCUT2D eigenvalue weighted by Crippen LogP contribution is 2.49. The van der Waals surface area contributed by atoms with Crippen molar-refractivity contribution in [1.82, 2.24) is 4.90 Å². The molecule has 0 saturated heterocycles. The van der Waals surface area contributed by atoms with Gasteiger partial charge in [-0.15, -0.1) is 0 Å². The Morgan fingerprint density at radius 1 is 0.714 bits per heavy atom. The second kappa shape index (κ2) is 9.20. The van der Waals surface area contributed by atoms with Crippen LogP contribution in [0.1, 0.15) is 16.7 Å². The monoisotopic (exact) mass is 529 g/mol. The van der Waals surface area contributed by atoms with Crippen molar-refractivity contribution in [2.24, 2.45) is 9.98 Å². The average Bonchev–Trinajstić information content (AvgIpc) is 2.79. The number of rotatable bonds is 4. The summed E-state index contributed by atoms with van der Waals surface area (Å²) >= 11 is 12.2. The Morgan fingerprint density at radius 3 is 1.80 bits per heavy atom. The van der Waals surface area contributed by atoms with Crippen molar-refractivity contribution < 1.29 is 26.3 Å². The lowest BCUT2D eigenvalue weighted by molar-refractivity contribution is -0.293. The molecule has 0 spiro atoms. The Morgan fingerprint density at radius 2 is 1.26 bits per heavy atom. The lowest BCUT2D eigenvalue weighted by Gasteiger charge is -2.40. The normalized spacial score (nSPS) is 16.1. The average molecular weight is 530 g/mol. The van der Waals surface area contributed by atoms with Crippen molar-refractivity contribution in [2.45, 2.75) is 24.6 Å². The van der Waals surface area contributed by atoms with Gasteiger partial charge in [0.25, 0.3) is 0 Å². The summed E-state index contributed by atoms with van der Waals surface area (Å²) in [6, 6.07) is 19.6. The quantitative estimate of drug-likeness (QED) is 0.321. The maximum absolute atomic E-state index is 14.2. The van der Waals surface area contributed by atoms with Crippen molar-refractivity contribution in [1.29, 1.82) is 0 Å². The zero-order valence-electron chi connectivity index (χ0n) is 17.6. The number of aliphatic imine (C=N–C) groups is 2. The zero-order valence-corrected chi connectivity index (χ0v) is 19.1. The minimum atomic E-state index is -5.89. The summed E-state index contributed by atoms with van der Waals surface area (Å²) in [5.74, 6) is -1.20. The molecule has 1 aliphatic heterocycles. The maximum Gasteiger partial charge on any atom is 0.443 e. The third-order valence-electron chi connectivity index (χ3n) is 5.22. The van der Waals surface area contributed by atoms with Crippen LogP contribution in [0.3, 0.4) is 0 Å². The summed E-state index contributed by atoms with van der Waals surface area (Å²) in [4.78, 5) is 7.70. The number of nitrogens with zero attached hydrogens (tertiary/aromatic N) is 3. The third-order valence-corrected chi connectivity index (χ3v) is 5.77. The number of hydrogen-bond acceptors (Lipinski definition) is 3. The highest BCUT2D eigenvalue weighted by Gasteiger charge is 2.74. The van der Waals surface area contributed by atoms with Gasteiger partial charge in [-0.3, -0.25) is 0 Å². The molecular weight excluding hydrogens is 515 g/mol. The first-order valence-corrected chi connectivity index (χ1v) is 10.8. The van der Waals surface area contributed by atoms with E-state index >= 15 is 0 Å². The number of hydrogen-bond donors (Lipinski definition) is 0. The summed E-state index contributed by atoms with van der Waals surface area (Å²) in [5.41, 5.74) is -4.26.